The molecule has 4 aliphatic rings. The zero-order valence-corrected chi connectivity index (χ0v) is 82.7. The van der Waals surface area contributed by atoms with Crippen molar-refractivity contribution in [2.45, 2.75) is 155 Å². The SMILES string of the molecule is C=C(O)CC1CCN(C(=O)c2ccc(Cl)c(Cn3ccc4cc(C(F)(F)F)cc(C)c43)c2Cl)CC1.Cc1cc(C(F)(F)F)cc2[nH]c(Cc3c(Cl)ccc(C(=O)N4CCC(N(C)C)CC4)c3Cl)cc12.Cc1cc(C(F)(F)F)cc2c1cc(Cc1c(Cl)ccc(C(=O)N3CCC(N(C)C)CC3)c1Cl)n2C.Cc1ccc(C(=O)N2CCOCC2)c(C)c1C(O)c1cc2c(C)cc(C(C)(F)F)cc2n1C. The number of carbonyl (C=O) groups is 4. The molecule has 16 rings (SSSR count). The number of hydrogen-bond donors (Lipinski definition) is 3. The largest absolute Gasteiger partial charge is 0.513 e. The zero-order chi connectivity index (χ0) is 100. The molecule has 0 spiro atoms. The van der Waals surface area contributed by atoms with E-state index in [9.17, 15) is 77.7 Å². The van der Waals surface area contributed by atoms with Crippen molar-refractivity contribution in [3.63, 3.8) is 0 Å². The Labute approximate surface area is 818 Å². The molecule has 137 heavy (non-hydrogen) atoms. The van der Waals surface area contributed by atoms with E-state index in [4.69, 9.17) is 74.3 Å². The number of aromatic amines is 1. The molecule has 4 saturated heterocycles. The van der Waals surface area contributed by atoms with Gasteiger partial charge in [-0.1, -0.05) is 82.3 Å². The summed E-state index contributed by atoms with van der Waals surface area (Å²) in [6.07, 6.45) is -6.42. The number of carbonyl (C=O) groups excluding carboxylic acids is 4. The molecule has 0 bridgehead atoms. The van der Waals surface area contributed by atoms with Crippen LogP contribution >= 0.6 is 69.6 Å². The lowest BCUT2D eigenvalue weighted by molar-refractivity contribution is -0.138. The topological polar surface area (TPSA) is 168 Å². The number of nitrogens with one attached hydrogen (secondary N) is 1. The summed E-state index contributed by atoms with van der Waals surface area (Å²) < 4.78 is 158. The number of likely N-dealkylation sites (tertiary alicyclic amines) is 3. The first-order valence-corrected chi connectivity index (χ1v) is 47.2. The predicted molar refractivity (Wildman–Crippen MR) is 521 cm³/mol. The number of alkyl halides is 11. The lowest BCUT2D eigenvalue weighted by atomic mass is 9.91. The first kappa shape index (κ1) is 105. The summed E-state index contributed by atoms with van der Waals surface area (Å²) in [6.45, 7) is 20.9. The lowest BCUT2D eigenvalue weighted by Crippen LogP contribution is -2.44. The number of morpholine rings is 1. The maximum absolute atomic E-state index is 14.0. The van der Waals surface area contributed by atoms with Gasteiger partial charge >= 0.3 is 18.5 Å². The molecule has 4 aliphatic heterocycles. The second kappa shape index (κ2) is 42.3. The smallest absolute Gasteiger partial charge is 0.416 e. The quantitative estimate of drug-likeness (QED) is 0.0594. The van der Waals surface area contributed by atoms with Crippen LogP contribution in [0.4, 0.5) is 48.3 Å². The first-order valence-electron chi connectivity index (χ1n) is 44.9. The number of H-pyrrole nitrogens is 1. The number of piperidine rings is 3. The van der Waals surface area contributed by atoms with Gasteiger partial charge in [0.05, 0.1) is 85.2 Å². The number of hydrogen-bond acceptors (Lipinski definition) is 9. The van der Waals surface area contributed by atoms with Crippen LogP contribution in [0.5, 0.6) is 0 Å². The molecule has 12 aromatic rings. The van der Waals surface area contributed by atoms with Gasteiger partial charge in [-0.25, -0.2) is 8.78 Å². The first-order chi connectivity index (χ1) is 64.3. The number of nitrogens with zero attached hydrogens (tertiary/aromatic N) is 9. The number of allylic oxidation sites excluding steroid dienone is 1. The van der Waals surface area contributed by atoms with Crippen LogP contribution in [0.15, 0.2) is 140 Å². The molecule has 0 saturated carbocycles. The third-order valence-corrected chi connectivity index (χ3v) is 29.3. The molecule has 732 valence electrons. The highest BCUT2D eigenvalue weighted by Gasteiger charge is 2.38. The fourth-order valence-electron chi connectivity index (χ4n) is 19.0. The van der Waals surface area contributed by atoms with E-state index in [1.807, 2.05) is 70.0 Å². The van der Waals surface area contributed by atoms with E-state index in [-0.39, 0.29) is 75.3 Å². The Bertz CT molecular complexity index is 6580. The van der Waals surface area contributed by atoms with Gasteiger partial charge < -0.3 is 63.0 Å². The number of aromatic nitrogens is 4. The van der Waals surface area contributed by atoms with Crippen molar-refractivity contribution in [3.05, 3.63) is 287 Å². The van der Waals surface area contributed by atoms with Gasteiger partial charge in [0, 0.05) is 192 Å². The highest BCUT2D eigenvalue weighted by Crippen LogP contribution is 2.44. The van der Waals surface area contributed by atoms with Gasteiger partial charge in [-0.2, -0.15) is 39.5 Å². The van der Waals surface area contributed by atoms with Gasteiger partial charge in [0.25, 0.3) is 29.6 Å². The highest BCUT2D eigenvalue weighted by molar-refractivity contribution is 6.39. The minimum Gasteiger partial charge on any atom is -0.513 e. The summed E-state index contributed by atoms with van der Waals surface area (Å²) in [5.74, 6) is -3.05. The molecule has 17 nitrogen and oxygen atoms in total. The molecule has 0 radical (unpaired) electrons. The zero-order valence-electron chi connectivity index (χ0n) is 78.2. The number of benzene rings is 8. The molecular weight excluding hydrogens is 1910 g/mol. The average Bonchev–Trinajstić information content (AvgIpc) is 1.61. The van der Waals surface area contributed by atoms with Crippen molar-refractivity contribution in [3.8, 4) is 0 Å². The summed E-state index contributed by atoms with van der Waals surface area (Å²) in [4.78, 5) is 67.4. The fourth-order valence-corrected chi connectivity index (χ4v) is 20.7. The van der Waals surface area contributed by atoms with Crippen LogP contribution in [0, 0.1) is 47.5 Å². The third kappa shape index (κ3) is 23.3. The van der Waals surface area contributed by atoms with Crippen LogP contribution in [0.25, 0.3) is 43.6 Å². The standard InChI is InChI=1S/C26H28Cl2F3N3O.C26H25Cl2F3N2O2.C26H30F2N2O3.C25H26Cl2F3N3O/c1-15-11-16(26(29,30)31)12-23-20(15)13-18(33(23)4)14-21-22(27)6-5-19(24(21)28)25(35)34-9-7-17(8-10-34)32(2)3;1-15-11-19(26(29,30)31)13-18-7-10-33(24(15)18)14-21-22(27)4-3-20(23(21)28)25(35)32-8-5-17(6-9-32)12-16(2)34;1-15-6-7-19(25(32)30-8-10-33-11-9-30)17(3)23(15)24(31)22-14-20-16(2)12-18(26(4,27)28)13-21(20)29(22)5;1-14-10-15(25(28,29)30)11-22-19(14)12-16(31-22)13-20-21(26)5-4-18(23(20)27)24(34)33-8-6-17(7-9-33)32(2)3/h5-6,11-13,17H,7-10,14H2,1-4H3;3-4,7,10-11,13,17,34H,2,5-6,8-9,12,14H2,1H3;6-7,12-14,24,31H,8-11H2,1-5H3;4-5,10-12,17,31H,6-9,13H2,1-3H3. The predicted octanol–water partition coefficient (Wildman–Crippen LogP) is 25.5. The van der Waals surface area contributed by atoms with Gasteiger partial charge in [-0.3, -0.25) is 19.2 Å². The minimum atomic E-state index is -4.43. The molecule has 0 aliphatic carbocycles. The van der Waals surface area contributed by atoms with E-state index in [1.54, 1.807) is 126 Å². The average molecular weight is 2020 g/mol. The Kier molecular flexibility index (Phi) is 32.3. The Balaban J connectivity index is 0.000000154. The molecule has 8 aromatic carbocycles. The van der Waals surface area contributed by atoms with Crippen LogP contribution in [0.1, 0.15) is 194 Å². The van der Waals surface area contributed by atoms with E-state index < -0.39 is 47.2 Å². The van der Waals surface area contributed by atoms with Gasteiger partial charge in [-0.05, 0) is 280 Å². The van der Waals surface area contributed by atoms with Crippen LogP contribution in [-0.4, -0.2) is 188 Å². The van der Waals surface area contributed by atoms with Crippen molar-refractivity contribution in [2.24, 2.45) is 20.0 Å². The molecule has 3 N–H and O–H groups in total. The number of rotatable bonds is 17. The van der Waals surface area contributed by atoms with E-state index >= 15 is 0 Å². The second-order valence-corrected chi connectivity index (χ2v) is 39.0. The fraction of sp³-hybridized carbons (Fsp3) is 0.398. The summed E-state index contributed by atoms with van der Waals surface area (Å²) in [5.41, 5.74) is 9.90. The number of aryl methyl sites for hydroxylation is 7. The van der Waals surface area contributed by atoms with Gasteiger partial charge in [0.15, 0.2) is 0 Å². The Morgan fingerprint density at radius 2 is 0.898 bits per heavy atom. The van der Waals surface area contributed by atoms with Crippen molar-refractivity contribution in [1.29, 1.82) is 0 Å². The van der Waals surface area contributed by atoms with Crippen LogP contribution in [0.2, 0.25) is 30.1 Å². The van der Waals surface area contributed by atoms with E-state index in [0.29, 0.717) is 205 Å². The number of ether oxygens (including phenoxy) is 1. The second-order valence-electron chi connectivity index (χ2n) is 36.7. The Morgan fingerprint density at radius 3 is 1.39 bits per heavy atom. The molecule has 4 aromatic heterocycles. The Morgan fingerprint density at radius 1 is 0.482 bits per heavy atom. The summed E-state index contributed by atoms with van der Waals surface area (Å²) >= 11 is 39.4. The van der Waals surface area contributed by atoms with Gasteiger partial charge in [-0.15, -0.1) is 0 Å². The third-order valence-electron chi connectivity index (χ3n) is 26.9. The van der Waals surface area contributed by atoms with Crippen molar-refractivity contribution >= 4 is 137 Å². The highest BCUT2D eigenvalue weighted by atomic mass is 35.5. The molecule has 4 fully saturated rings. The summed E-state index contributed by atoms with van der Waals surface area (Å²) in [7, 11) is 11.7. The maximum atomic E-state index is 14.0. The molecule has 1 unspecified atom stereocenters. The monoisotopic (exact) mass is 2020 g/mol. The van der Waals surface area contributed by atoms with E-state index in [0.717, 1.165) is 115 Å². The summed E-state index contributed by atoms with van der Waals surface area (Å²) in [6, 6.07) is 31.3. The van der Waals surface area contributed by atoms with Crippen LogP contribution in [0.3, 0.4) is 0 Å². The molecular formula is C103H109Cl6F11N10O7. The summed E-state index contributed by atoms with van der Waals surface area (Å²) in [5, 5.41) is 25.6. The molecule has 4 amide bonds. The van der Waals surface area contributed by atoms with Crippen molar-refractivity contribution in [1.82, 2.24) is 48.1 Å². The van der Waals surface area contributed by atoms with Crippen molar-refractivity contribution < 1.29 is 82.4 Å². The minimum absolute atomic E-state index is 0.0554. The molecule has 8 heterocycles. The number of fused-ring (bicyclic) bond motifs is 4. The van der Waals surface area contributed by atoms with Crippen molar-refractivity contribution in [2.75, 3.05) is 93.8 Å². The maximum Gasteiger partial charge on any atom is 0.416 e. The number of halogens is 17. The van der Waals surface area contributed by atoms with Gasteiger partial charge in [0.1, 0.15) is 6.10 Å². The number of aliphatic hydroxyl groups excluding tert-OH is 2. The normalized spacial score (nSPS) is 15.5. The van der Waals surface area contributed by atoms with Crippen LogP contribution < -0.4 is 0 Å². The molecule has 34 heteroatoms. The van der Waals surface area contributed by atoms with Gasteiger partial charge in [0.2, 0.25) is 0 Å². The lowest BCUT2D eigenvalue weighted by Gasteiger charge is -2.35. The Hall–Kier alpha value is -9.85. The van der Waals surface area contributed by atoms with Crippen LogP contribution in [-0.2, 0) is 62.7 Å². The number of amides is 4. The van der Waals surface area contributed by atoms with E-state index in [2.05, 4.69) is 21.4 Å². The number of aliphatic hydroxyl groups is 2. The molecule has 1 atom stereocenters. The van der Waals surface area contributed by atoms with E-state index in [1.165, 1.54) is 12.1 Å².